The molecule has 1 unspecified atom stereocenters. The Morgan fingerprint density at radius 2 is 2.06 bits per heavy atom. The molecule has 1 atom stereocenters. The van der Waals surface area contributed by atoms with Crippen LogP contribution in [0.3, 0.4) is 0 Å². The standard InChI is InChI=1S/C13H20N2O/c14-9-12-5-6-13(16)15(10-12)8-7-11-3-1-2-4-11/h11-12H,1-8,10H2. The summed E-state index contributed by atoms with van der Waals surface area (Å²) in [4.78, 5) is 13.6. The van der Waals surface area contributed by atoms with Gasteiger partial charge in [0.1, 0.15) is 0 Å². The third-order valence-corrected chi connectivity index (χ3v) is 3.96. The Bertz CT molecular complexity index is 289. The number of hydrogen-bond acceptors (Lipinski definition) is 2. The van der Waals surface area contributed by atoms with Crippen molar-refractivity contribution in [3.8, 4) is 6.07 Å². The summed E-state index contributed by atoms with van der Waals surface area (Å²) in [6.07, 6.45) is 7.87. The first-order valence-corrected chi connectivity index (χ1v) is 6.47. The minimum atomic E-state index is 0.0706. The Balaban J connectivity index is 1.78. The fraction of sp³-hybridized carbons (Fsp3) is 0.846. The van der Waals surface area contributed by atoms with Crippen LogP contribution in [0.2, 0.25) is 0 Å². The maximum Gasteiger partial charge on any atom is 0.222 e. The van der Waals surface area contributed by atoms with Gasteiger partial charge in [0.25, 0.3) is 0 Å². The van der Waals surface area contributed by atoms with E-state index in [4.69, 9.17) is 5.26 Å². The minimum absolute atomic E-state index is 0.0706. The molecule has 0 aromatic heterocycles. The van der Waals surface area contributed by atoms with Crippen LogP contribution in [0.5, 0.6) is 0 Å². The number of nitriles is 1. The van der Waals surface area contributed by atoms with Gasteiger partial charge in [-0.2, -0.15) is 5.26 Å². The first kappa shape index (κ1) is 11.4. The highest BCUT2D eigenvalue weighted by Gasteiger charge is 2.26. The van der Waals surface area contributed by atoms with E-state index in [2.05, 4.69) is 6.07 Å². The summed E-state index contributed by atoms with van der Waals surface area (Å²) in [6, 6.07) is 2.29. The smallest absolute Gasteiger partial charge is 0.222 e. The highest BCUT2D eigenvalue weighted by atomic mass is 16.2. The van der Waals surface area contributed by atoms with Crippen LogP contribution in [0.25, 0.3) is 0 Å². The lowest BCUT2D eigenvalue weighted by Gasteiger charge is -2.30. The van der Waals surface area contributed by atoms with E-state index in [9.17, 15) is 4.79 Å². The highest BCUT2D eigenvalue weighted by Crippen LogP contribution is 2.28. The molecular weight excluding hydrogens is 200 g/mol. The second-order valence-electron chi connectivity index (χ2n) is 5.14. The quantitative estimate of drug-likeness (QED) is 0.732. The van der Waals surface area contributed by atoms with Crippen LogP contribution in [0.15, 0.2) is 0 Å². The van der Waals surface area contributed by atoms with Crippen molar-refractivity contribution in [2.24, 2.45) is 11.8 Å². The summed E-state index contributed by atoms with van der Waals surface area (Å²) in [5.41, 5.74) is 0. The van der Waals surface area contributed by atoms with Crippen LogP contribution in [-0.2, 0) is 4.79 Å². The molecule has 0 bridgehead atoms. The average Bonchev–Trinajstić information content (AvgIpc) is 2.81. The van der Waals surface area contributed by atoms with Gasteiger partial charge in [-0.1, -0.05) is 25.7 Å². The van der Waals surface area contributed by atoms with Crippen molar-refractivity contribution in [3.63, 3.8) is 0 Å². The van der Waals surface area contributed by atoms with Crippen LogP contribution in [0, 0.1) is 23.2 Å². The molecule has 0 aromatic carbocycles. The van der Waals surface area contributed by atoms with Gasteiger partial charge in [0.15, 0.2) is 0 Å². The zero-order chi connectivity index (χ0) is 11.4. The Morgan fingerprint density at radius 1 is 1.31 bits per heavy atom. The zero-order valence-electron chi connectivity index (χ0n) is 9.82. The molecule has 0 spiro atoms. The van der Waals surface area contributed by atoms with Gasteiger partial charge in [0.05, 0.1) is 12.0 Å². The number of carbonyl (C=O) groups excluding carboxylic acids is 1. The Hall–Kier alpha value is -1.04. The van der Waals surface area contributed by atoms with Crippen LogP contribution in [-0.4, -0.2) is 23.9 Å². The molecular formula is C13H20N2O. The van der Waals surface area contributed by atoms with Crippen molar-refractivity contribution < 1.29 is 4.79 Å². The normalized spacial score (nSPS) is 27.1. The fourth-order valence-corrected chi connectivity index (χ4v) is 2.87. The molecule has 1 aliphatic carbocycles. The van der Waals surface area contributed by atoms with Crippen LogP contribution in [0.4, 0.5) is 0 Å². The molecule has 0 radical (unpaired) electrons. The van der Waals surface area contributed by atoms with Crippen LogP contribution >= 0.6 is 0 Å². The van der Waals surface area contributed by atoms with Crippen molar-refractivity contribution in [2.45, 2.75) is 44.9 Å². The number of rotatable bonds is 3. The summed E-state index contributed by atoms with van der Waals surface area (Å²) < 4.78 is 0. The lowest BCUT2D eigenvalue weighted by Crippen LogP contribution is -2.40. The number of piperidine rings is 1. The predicted molar refractivity (Wildman–Crippen MR) is 61.5 cm³/mol. The fourth-order valence-electron chi connectivity index (χ4n) is 2.87. The summed E-state index contributed by atoms with van der Waals surface area (Å²) in [5, 5.41) is 8.89. The zero-order valence-corrected chi connectivity index (χ0v) is 9.82. The van der Waals surface area contributed by atoms with Gasteiger partial charge in [0, 0.05) is 19.5 Å². The molecule has 3 nitrogen and oxygen atoms in total. The van der Waals surface area contributed by atoms with E-state index in [0.717, 1.165) is 25.3 Å². The predicted octanol–water partition coefficient (Wildman–Crippen LogP) is 2.33. The maximum atomic E-state index is 11.7. The summed E-state index contributed by atoms with van der Waals surface area (Å²) in [7, 11) is 0. The number of likely N-dealkylation sites (tertiary alicyclic amines) is 1. The van der Waals surface area contributed by atoms with Gasteiger partial charge in [-0.3, -0.25) is 4.79 Å². The third kappa shape index (κ3) is 2.75. The molecule has 1 heterocycles. The lowest BCUT2D eigenvalue weighted by atomic mass is 9.97. The number of nitrogens with zero attached hydrogens (tertiary/aromatic N) is 2. The van der Waals surface area contributed by atoms with Crippen LogP contribution < -0.4 is 0 Å². The van der Waals surface area contributed by atoms with Crippen molar-refractivity contribution in [1.82, 2.24) is 4.90 Å². The molecule has 1 aliphatic heterocycles. The molecule has 1 saturated heterocycles. The minimum Gasteiger partial charge on any atom is -0.341 e. The monoisotopic (exact) mass is 220 g/mol. The van der Waals surface area contributed by atoms with Gasteiger partial charge < -0.3 is 4.90 Å². The topological polar surface area (TPSA) is 44.1 Å². The first-order chi connectivity index (χ1) is 7.79. The maximum absolute atomic E-state index is 11.7. The number of hydrogen-bond donors (Lipinski definition) is 0. The van der Waals surface area contributed by atoms with Gasteiger partial charge >= 0.3 is 0 Å². The Morgan fingerprint density at radius 3 is 2.75 bits per heavy atom. The van der Waals surface area contributed by atoms with E-state index >= 15 is 0 Å². The highest BCUT2D eigenvalue weighted by molar-refractivity contribution is 5.77. The molecule has 3 heteroatoms. The second-order valence-corrected chi connectivity index (χ2v) is 5.14. The summed E-state index contributed by atoms with van der Waals surface area (Å²) in [5.74, 6) is 1.15. The SMILES string of the molecule is N#CC1CCC(=O)N(CCC2CCCC2)C1. The molecule has 1 amide bonds. The Kier molecular flexibility index (Phi) is 3.82. The van der Waals surface area contributed by atoms with E-state index in [1.807, 2.05) is 4.90 Å². The summed E-state index contributed by atoms with van der Waals surface area (Å²) in [6.45, 7) is 1.55. The Labute approximate surface area is 97.4 Å². The second kappa shape index (κ2) is 5.34. The molecule has 2 aliphatic rings. The lowest BCUT2D eigenvalue weighted by molar-refractivity contribution is -0.134. The largest absolute Gasteiger partial charge is 0.341 e. The van der Waals surface area contributed by atoms with E-state index in [1.54, 1.807) is 0 Å². The van der Waals surface area contributed by atoms with Crippen molar-refractivity contribution in [2.75, 3.05) is 13.1 Å². The third-order valence-electron chi connectivity index (χ3n) is 3.96. The molecule has 2 rings (SSSR count). The van der Waals surface area contributed by atoms with Crippen molar-refractivity contribution >= 4 is 5.91 Å². The molecule has 1 saturated carbocycles. The first-order valence-electron chi connectivity index (χ1n) is 6.47. The van der Waals surface area contributed by atoms with Gasteiger partial charge in [-0.05, 0) is 18.8 Å². The van der Waals surface area contributed by atoms with Gasteiger partial charge in [-0.15, -0.1) is 0 Å². The van der Waals surface area contributed by atoms with Gasteiger partial charge in [0.2, 0.25) is 5.91 Å². The number of carbonyl (C=O) groups is 1. The van der Waals surface area contributed by atoms with E-state index in [1.165, 1.54) is 25.7 Å². The summed E-state index contributed by atoms with van der Waals surface area (Å²) >= 11 is 0. The van der Waals surface area contributed by atoms with Crippen molar-refractivity contribution in [3.05, 3.63) is 0 Å². The van der Waals surface area contributed by atoms with Gasteiger partial charge in [-0.25, -0.2) is 0 Å². The van der Waals surface area contributed by atoms with Crippen LogP contribution in [0.1, 0.15) is 44.9 Å². The van der Waals surface area contributed by atoms with Crippen molar-refractivity contribution in [1.29, 1.82) is 5.26 Å². The number of amides is 1. The molecule has 16 heavy (non-hydrogen) atoms. The van der Waals surface area contributed by atoms with E-state index < -0.39 is 0 Å². The van der Waals surface area contributed by atoms with E-state index in [0.29, 0.717) is 13.0 Å². The molecule has 0 aromatic rings. The molecule has 2 fully saturated rings. The van der Waals surface area contributed by atoms with E-state index in [-0.39, 0.29) is 11.8 Å². The molecule has 88 valence electrons. The average molecular weight is 220 g/mol. The molecule has 0 N–H and O–H groups in total.